The topological polar surface area (TPSA) is 67.1 Å². The molecule has 0 saturated carbocycles. The van der Waals surface area contributed by atoms with Gasteiger partial charge in [-0.2, -0.15) is 27.9 Å². The summed E-state index contributed by atoms with van der Waals surface area (Å²) in [4.78, 5) is 2.50. The predicted octanol–water partition coefficient (Wildman–Crippen LogP) is 2.39. The van der Waals surface area contributed by atoms with E-state index < -0.39 is 0 Å². The third kappa shape index (κ3) is 4.34. The molecule has 15 heteroatoms. The Morgan fingerprint density at radius 3 is 2.38 bits per heavy atom. The van der Waals surface area contributed by atoms with Crippen LogP contribution in [-0.4, -0.2) is 128 Å². The third-order valence-corrected chi connectivity index (χ3v) is 18.9. The summed E-state index contributed by atoms with van der Waals surface area (Å²) in [5, 5.41) is 11.5. The van der Waals surface area contributed by atoms with E-state index >= 15 is 0 Å². The number of hydrazine groups is 2. The molecule has 0 aromatic heterocycles. The molecule has 0 radical (unpaired) electrons. The Labute approximate surface area is 250 Å². The SMILES string of the molecule is C1CSC(C2(N3NCCS3)C(C3NCCS3)(N3CCSCC3)SSSC2(C2NCCO2)N2CCCN2)C1. The maximum atomic E-state index is 6.77. The van der Waals surface area contributed by atoms with Crippen molar-refractivity contribution in [2.24, 2.45) is 0 Å². The monoisotopic (exact) mass is 641 g/mol. The van der Waals surface area contributed by atoms with Gasteiger partial charge in [0, 0.05) is 74.1 Å². The second-order valence-electron chi connectivity index (χ2n) is 10.4. The molecule has 0 bridgehead atoms. The Morgan fingerprint density at radius 2 is 1.70 bits per heavy atom. The average molecular weight is 642 g/mol. The summed E-state index contributed by atoms with van der Waals surface area (Å²) in [6, 6.07) is 0. The molecule has 37 heavy (non-hydrogen) atoms. The molecule has 8 nitrogen and oxygen atoms in total. The number of ether oxygens (including phenoxy) is 1. The van der Waals surface area contributed by atoms with Gasteiger partial charge in [-0.05, 0) is 34.8 Å². The number of rotatable bonds is 6. The lowest BCUT2D eigenvalue weighted by Crippen LogP contribution is -2.90. The van der Waals surface area contributed by atoms with Gasteiger partial charge in [0.25, 0.3) is 0 Å². The quantitative estimate of drug-likeness (QED) is 0.253. The molecule has 0 aliphatic carbocycles. The van der Waals surface area contributed by atoms with Crippen molar-refractivity contribution in [3.05, 3.63) is 0 Å². The molecule has 4 N–H and O–H groups in total. The van der Waals surface area contributed by atoms with Crippen molar-refractivity contribution < 1.29 is 4.74 Å². The van der Waals surface area contributed by atoms with Crippen LogP contribution >= 0.6 is 78.6 Å². The molecule has 7 aliphatic rings. The highest BCUT2D eigenvalue weighted by Crippen LogP contribution is 2.73. The van der Waals surface area contributed by atoms with Crippen molar-refractivity contribution in [2.75, 3.05) is 81.2 Å². The van der Waals surface area contributed by atoms with Gasteiger partial charge in [0.1, 0.15) is 16.6 Å². The lowest BCUT2D eigenvalue weighted by atomic mass is 9.74. The molecule has 7 rings (SSSR count). The zero-order valence-electron chi connectivity index (χ0n) is 21.2. The summed E-state index contributed by atoms with van der Waals surface area (Å²) in [6.07, 6.45) is 3.72. The summed E-state index contributed by atoms with van der Waals surface area (Å²) < 4.78 is 9.48. The molecule has 6 unspecified atom stereocenters. The summed E-state index contributed by atoms with van der Waals surface area (Å²) in [6.45, 7) is 8.27. The van der Waals surface area contributed by atoms with Crippen LogP contribution in [0.25, 0.3) is 0 Å². The lowest BCUT2D eigenvalue weighted by Gasteiger charge is -2.71. The van der Waals surface area contributed by atoms with E-state index in [1.807, 2.05) is 21.8 Å². The summed E-state index contributed by atoms with van der Waals surface area (Å²) in [5.41, 5.74) is 7.70. The highest BCUT2D eigenvalue weighted by Gasteiger charge is 2.81. The molecule has 0 amide bonds. The van der Waals surface area contributed by atoms with Gasteiger partial charge < -0.3 is 10.1 Å². The molecule has 7 saturated heterocycles. The highest BCUT2D eigenvalue weighted by molar-refractivity contribution is 9.10. The molecule has 7 heterocycles. The zero-order chi connectivity index (χ0) is 24.8. The van der Waals surface area contributed by atoms with Crippen molar-refractivity contribution in [1.82, 2.24) is 35.8 Å². The van der Waals surface area contributed by atoms with Gasteiger partial charge in [-0.3, -0.25) is 15.6 Å². The number of nitrogens with zero attached hydrogens (tertiary/aromatic N) is 3. The van der Waals surface area contributed by atoms with Gasteiger partial charge in [0.15, 0.2) is 4.87 Å². The van der Waals surface area contributed by atoms with E-state index in [0.29, 0.717) is 10.6 Å². The van der Waals surface area contributed by atoms with E-state index in [9.17, 15) is 0 Å². The first kappa shape index (κ1) is 27.9. The fourth-order valence-corrected chi connectivity index (χ4v) is 20.2. The smallest absolute Gasteiger partial charge is 0.155 e. The van der Waals surface area contributed by atoms with E-state index in [0.717, 1.165) is 58.2 Å². The minimum atomic E-state index is -0.308. The molecule has 6 atom stereocenters. The molecule has 7 aliphatic heterocycles. The number of thioether (sulfide) groups is 3. The van der Waals surface area contributed by atoms with Crippen LogP contribution in [0.5, 0.6) is 0 Å². The van der Waals surface area contributed by atoms with Crippen LogP contribution in [0.2, 0.25) is 0 Å². The largest absolute Gasteiger partial charge is 0.359 e. The maximum absolute atomic E-state index is 6.77. The molecule has 0 aromatic rings. The van der Waals surface area contributed by atoms with Crippen LogP contribution in [-0.2, 0) is 4.74 Å². The first-order valence-corrected chi connectivity index (χ1v) is 21.4. The van der Waals surface area contributed by atoms with E-state index in [4.69, 9.17) is 4.74 Å². The second kappa shape index (κ2) is 12.0. The number of nitrogens with one attached hydrogen (secondary N) is 4. The summed E-state index contributed by atoms with van der Waals surface area (Å²) >= 11 is 8.59. The van der Waals surface area contributed by atoms with Crippen molar-refractivity contribution in [3.63, 3.8) is 0 Å². The van der Waals surface area contributed by atoms with Gasteiger partial charge >= 0.3 is 0 Å². The standard InChI is InChI=1S/C22H39N7OS7/c1-3-17(32-12-1)20(29-26-7-14-34-29)21(18-23-5-11-30-18,28-8-2-4-25-28)35-37-36-22(20,19-24-6-13-33-19)27-9-15-31-16-10-27/h17-19,23-26H,1-16H2. The lowest BCUT2D eigenvalue weighted by molar-refractivity contribution is -0.129. The van der Waals surface area contributed by atoms with Crippen molar-refractivity contribution in [1.29, 1.82) is 0 Å². The van der Waals surface area contributed by atoms with E-state index in [1.165, 1.54) is 42.3 Å². The van der Waals surface area contributed by atoms with Gasteiger partial charge in [-0.1, -0.05) is 33.5 Å². The predicted molar refractivity (Wildman–Crippen MR) is 169 cm³/mol. The summed E-state index contributed by atoms with van der Waals surface area (Å²) in [7, 11) is 6.31. The van der Waals surface area contributed by atoms with Crippen LogP contribution < -0.4 is 21.5 Å². The minimum absolute atomic E-state index is 0.0364. The summed E-state index contributed by atoms with van der Waals surface area (Å²) in [5.74, 6) is 6.02. The second-order valence-corrected chi connectivity index (χ2v) is 19.5. The van der Waals surface area contributed by atoms with Crippen LogP contribution in [0.15, 0.2) is 0 Å². The van der Waals surface area contributed by atoms with Crippen molar-refractivity contribution in [2.45, 2.75) is 51.4 Å². The number of hydrogen-bond donors (Lipinski definition) is 4. The average Bonchev–Trinajstić information content (AvgIpc) is 3.80. The van der Waals surface area contributed by atoms with Crippen molar-refractivity contribution >= 4 is 78.6 Å². The highest BCUT2D eigenvalue weighted by atomic mass is 33.5. The Kier molecular flexibility index (Phi) is 9.07. The Bertz CT molecular complexity index is 751. The van der Waals surface area contributed by atoms with Crippen LogP contribution in [0.4, 0.5) is 0 Å². The Morgan fingerprint density at radius 1 is 0.784 bits per heavy atom. The van der Waals surface area contributed by atoms with Crippen molar-refractivity contribution in [3.8, 4) is 0 Å². The molecular weight excluding hydrogens is 603 g/mol. The minimum Gasteiger partial charge on any atom is -0.359 e. The van der Waals surface area contributed by atoms with Gasteiger partial charge in [0.2, 0.25) is 0 Å². The van der Waals surface area contributed by atoms with E-state index in [1.54, 1.807) is 0 Å². The zero-order valence-corrected chi connectivity index (χ0v) is 26.9. The fourth-order valence-electron chi connectivity index (χ4n) is 7.25. The van der Waals surface area contributed by atoms with Gasteiger partial charge in [0.05, 0.1) is 12.0 Å². The van der Waals surface area contributed by atoms with Crippen LogP contribution in [0.3, 0.4) is 0 Å². The molecular formula is C22H39N7OS7. The molecule has 0 spiro atoms. The first-order chi connectivity index (χ1) is 18.3. The molecule has 0 aromatic carbocycles. The fraction of sp³-hybridized carbons (Fsp3) is 1.00. The third-order valence-electron chi connectivity index (χ3n) is 8.59. The van der Waals surface area contributed by atoms with Crippen LogP contribution in [0, 0.1) is 0 Å². The van der Waals surface area contributed by atoms with E-state index in [2.05, 4.69) is 92.7 Å². The van der Waals surface area contributed by atoms with Gasteiger partial charge in [-0.15, -0.1) is 11.8 Å². The van der Waals surface area contributed by atoms with E-state index in [-0.39, 0.29) is 21.5 Å². The van der Waals surface area contributed by atoms with Gasteiger partial charge in [-0.25, -0.2) is 10.4 Å². The number of hydrogen-bond acceptors (Lipinski definition) is 15. The molecule has 7 fully saturated rings. The normalized spacial score (nSPS) is 46.9. The Balaban J connectivity index is 1.51. The molecule has 210 valence electrons. The maximum Gasteiger partial charge on any atom is 0.155 e. The first-order valence-electron chi connectivity index (χ1n) is 13.7. The van der Waals surface area contributed by atoms with Crippen LogP contribution in [0.1, 0.15) is 19.3 Å². The Hall–Kier alpha value is 2.13.